The van der Waals surface area contributed by atoms with E-state index < -0.39 is 10.0 Å². The van der Waals surface area contributed by atoms with Gasteiger partial charge in [-0.2, -0.15) is 9.40 Å². The number of hydrogen-bond acceptors (Lipinski definition) is 5. The van der Waals surface area contributed by atoms with Crippen molar-refractivity contribution in [3.8, 4) is 16.9 Å². The SMILES string of the molecule is Cc1nn(C)c(C)c1S(=O)(=O)N1CCCN(C(=O)COc2ccc(-c3ccccc3)cc2)CC1. The standard InChI is InChI=1S/C25H30N4O4S/c1-19-25(20(2)27(3)26-19)34(31,32)29-15-7-14-28(16-17-29)24(30)18-33-23-12-10-22(11-13-23)21-8-5-4-6-9-21/h4-6,8-13H,7,14-18H2,1-3H3. The molecule has 1 amide bonds. The summed E-state index contributed by atoms with van der Waals surface area (Å²) in [5.74, 6) is 0.467. The molecule has 8 nitrogen and oxygen atoms in total. The quantitative estimate of drug-likeness (QED) is 0.539. The van der Waals surface area contributed by atoms with E-state index in [4.69, 9.17) is 4.74 Å². The predicted molar refractivity (Wildman–Crippen MR) is 130 cm³/mol. The number of carbonyl (C=O) groups is 1. The van der Waals surface area contributed by atoms with Crippen molar-refractivity contribution in [2.45, 2.75) is 25.2 Å². The average Bonchev–Trinajstić information content (AvgIpc) is 3.00. The van der Waals surface area contributed by atoms with Crippen molar-refractivity contribution in [3.63, 3.8) is 0 Å². The van der Waals surface area contributed by atoms with Gasteiger partial charge in [0.1, 0.15) is 10.6 Å². The molecule has 4 rings (SSSR count). The van der Waals surface area contributed by atoms with E-state index in [1.807, 2.05) is 54.6 Å². The van der Waals surface area contributed by atoms with Gasteiger partial charge in [-0.1, -0.05) is 42.5 Å². The third-order valence-corrected chi connectivity index (χ3v) is 8.32. The number of nitrogens with zero attached hydrogens (tertiary/aromatic N) is 4. The minimum absolute atomic E-state index is 0.0851. The lowest BCUT2D eigenvalue weighted by Crippen LogP contribution is -2.39. The smallest absolute Gasteiger partial charge is 0.260 e. The number of ether oxygens (including phenoxy) is 1. The van der Waals surface area contributed by atoms with Crippen molar-refractivity contribution < 1.29 is 17.9 Å². The number of hydrogen-bond donors (Lipinski definition) is 0. The number of rotatable bonds is 6. The summed E-state index contributed by atoms with van der Waals surface area (Å²) in [6, 6.07) is 17.7. The lowest BCUT2D eigenvalue weighted by atomic mass is 10.1. The van der Waals surface area contributed by atoms with Crippen LogP contribution in [0.25, 0.3) is 11.1 Å². The first kappa shape index (κ1) is 24.0. The summed E-state index contributed by atoms with van der Waals surface area (Å²) in [5, 5.41) is 4.24. The average molecular weight is 483 g/mol. The van der Waals surface area contributed by atoms with E-state index in [-0.39, 0.29) is 24.0 Å². The maximum absolute atomic E-state index is 13.3. The number of carbonyl (C=O) groups excluding carboxylic acids is 1. The molecule has 0 bridgehead atoms. The zero-order chi connectivity index (χ0) is 24.3. The molecule has 180 valence electrons. The summed E-state index contributed by atoms with van der Waals surface area (Å²) in [5.41, 5.74) is 3.29. The molecule has 0 radical (unpaired) electrons. The van der Waals surface area contributed by atoms with Crippen molar-refractivity contribution in [1.82, 2.24) is 19.0 Å². The third kappa shape index (κ3) is 5.00. The van der Waals surface area contributed by atoms with E-state index in [1.165, 1.54) is 4.31 Å². The Bertz CT molecular complexity index is 1250. The van der Waals surface area contributed by atoms with Crippen LogP contribution >= 0.6 is 0 Å². The molecule has 0 saturated carbocycles. The van der Waals surface area contributed by atoms with Crippen molar-refractivity contribution in [2.24, 2.45) is 7.05 Å². The highest BCUT2D eigenvalue weighted by Gasteiger charge is 2.32. The molecule has 0 unspecified atom stereocenters. The van der Waals surface area contributed by atoms with Crippen LogP contribution in [0.5, 0.6) is 5.75 Å². The third-order valence-electron chi connectivity index (χ3n) is 6.17. The minimum atomic E-state index is -3.68. The lowest BCUT2D eigenvalue weighted by Gasteiger charge is -2.22. The van der Waals surface area contributed by atoms with Gasteiger partial charge in [0.05, 0.1) is 11.4 Å². The van der Waals surface area contributed by atoms with Crippen LogP contribution in [-0.2, 0) is 21.9 Å². The Hall–Kier alpha value is -3.17. The topological polar surface area (TPSA) is 84.7 Å². The Balaban J connectivity index is 1.35. The van der Waals surface area contributed by atoms with E-state index in [0.29, 0.717) is 43.2 Å². The van der Waals surface area contributed by atoms with Gasteiger partial charge in [0.15, 0.2) is 6.61 Å². The van der Waals surface area contributed by atoms with Crippen LogP contribution < -0.4 is 4.74 Å². The van der Waals surface area contributed by atoms with Gasteiger partial charge >= 0.3 is 0 Å². The van der Waals surface area contributed by atoms with Crippen molar-refractivity contribution in [1.29, 1.82) is 0 Å². The van der Waals surface area contributed by atoms with E-state index in [2.05, 4.69) is 5.10 Å². The van der Waals surface area contributed by atoms with Crippen molar-refractivity contribution >= 4 is 15.9 Å². The predicted octanol–water partition coefficient (Wildman–Crippen LogP) is 3.01. The van der Waals surface area contributed by atoms with Gasteiger partial charge in [-0.15, -0.1) is 0 Å². The molecule has 2 heterocycles. The van der Waals surface area contributed by atoms with Crippen LogP contribution in [0, 0.1) is 13.8 Å². The van der Waals surface area contributed by atoms with Gasteiger partial charge in [0.25, 0.3) is 5.91 Å². The second-order valence-corrected chi connectivity index (χ2v) is 10.3. The molecule has 0 spiro atoms. The van der Waals surface area contributed by atoms with Gasteiger partial charge in [-0.3, -0.25) is 9.48 Å². The van der Waals surface area contributed by atoms with Crippen molar-refractivity contribution in [3.05, 3.63) is 66.0 Å². The van der Waals surface area contributed by atoms with E-state index in [1.54, 1.807) is 30.5 Å². The number of benzene rings is 2. The summed E-state index contributed by atoms with van der Waals surface area (Å²) in [6.07, 6.45) is 0.565. The second kappa shape index (κ2) is 9.99. The molecular formula is C25H30N4O4S. The molecule has 9 heteroatoms. The monoisotopic (exact) mass is 482 g/mol. The molecule has 0 atom stereocenters. The highest BCUT2D eigenvalue weighted by atomic mass is 32.2. The maximum atomic E-state index is 13.3. The summed E-state index contributed by atoms with van der Waals surface area (Å²) >= 11 is 0. The summed E-state index contributed by atoms with van der Waals surface area (Å²) in [4.78, 5) is 14.7. The van der Waals surface area contributed by atoms with E-state index in [0.717, 1.165) is 11.1 Å². The molecule has 3 aromatic rings. The van der Waals surface area contributed by atoms with Gasteiger partial charge in [0, 0.05) is 33.2 Å². The van der Waals surface area contributed by atoms with Crippen LogP contribution in [-0.4, -0.2) is 66.1 Å². The molecule has 1 saturated heterocycles. The van der Waals surface area contributed by atoms with Crippen LogP contribution in [0.4, 0.5) is 0 Å². The number of amides is 1. The minimum Gasteiger partial charge on any atom is -0.484 e. The fraction of sp³-hybridized carbons (Fsp3) is 0.360. The largest absolute Gasteiger partial charge is 0.484 e. The summed E-state index contributed by atoms with van der Waals surface area (Å²) in [7, 11) is -1.94. The molecule has 1 aliphatic rings. The van der Waals surface area contributed by atoms with Gasteiger partial charge in [-0.05, 0) is 43.5 Å². The Kier molecular flexibility index (Phi) is 7.04. The van der Waals surface area contributed by atoms with Crippen molar-refractivity contribution in [2.75, 3.05) is 32.8 Å². The molecule has 0 N–H and O–H groups in total. The van der Waals surface area contributed by atoms with Crippen LogP contribution in [0.1, 0.15) is 17.8 Å². The number of aryl methyl sites for hydroxylation is 2. The first-order chi connectivity index (χ1) is 16.3. The lowest BCUT2D eigenvalue weighted by molar-refractivity contribution is -0.133. The molecule has 1 fully saturated rings. The zero-order valence-electron chi connectivity index (χ0n) is 19.8. The molecule has 1 aromatic heterocycles. The van der Waals surface area contributed by atoms with E-state index >= 15 is 0 Å². The Morgan fingerprint density at radius 2 is 1.62 bits per heavy atom. The molecule has 34 heavy (non-hydrogen) atoms. The first-order valence-electron chi connectivity index (χ1n) is 11.3. The number of sulfonamides is 1. The Morgan fingerprint density at radius 1 is 0.941 bits per heavy atom. The zero-order valence-corrected chi connectivity index (χ0v) is 20.6. The van der Waals surface area contributed by atoms with Crippen LogP contribution in [0.3, 0.4) is 0 Å². The maximum Gasteiger partial charge on any atom is 0.260 e. The van der Waals surface area contributed by atoms with E-state index in [9.17, 15) is 13.2 Å². The highest BCUT2D eigenvalue weighted by Crippen LogP contribution is 2.25. The van der Waals surface area contributed by atoms with Crippen LogP contribution in [0.2, 0.25) is 0 Å². The molecule has 1 aliphatic heterocycles. The summed E-state index contributed by atoms with van der Waals surface area (Å²) in [6.45, 7) is 4.80. The summed E-state index contributed by atoms with van der Waals surface area (Å²) < 4.78 is 35.3. The Morgan fingerprint density at radius 3 is 2.26 bits per heavy atom. The molecule has 0 aliphatic carbocycles. The first-order valence-corrected chi connectivity index (χ1v) is 12.8. The molecular weight excluding hydrogens is 452 g/mol. The number of aromatic nitrogens is 2. The van der Waals surface area contributed by atoms with Gasteiger partial charge in [0.2, 0.25) is 10.0 Å². The fourth-order valence-electron chi connectivity index (χ4n) is 4.25. The van der Waals surface area contributed by atoms with Crippen LogP contribution in [0.15, 0.2) is 59.5 Å². The van der Waals surface area contributed by atoms with Gasteiger partial charge in [-0.25, -0.2) is 8.42 Å². The molecule has 2 aromatic carbocycles. The fourth-order valence-corrected chi connectivity index (χ4v) is 6.12. The highest BCUT2D eigenvalue weighted by molar-refractivity contribution is 7.89. The second-order valence-electron chi connectivity index (χ2n) is 8.44. The Labute approximate surface area is 200 Å². The normalized spacial score (nSPS) is 15.2. The van der Waals surface area contributed by atoms with Gasteiger partial charge < -0.3 is 9.64 Å².